The Morgan fingerprint density at radius 2 is 1.67 bits per heavy atom. The summed E-state index contributed by atoms with van der Waals surface area (Å²) in [4.78, 5) is 0.275. The molecule has 0 saturated heterocycles. The smallest absolute Gasteiger partial charge is 0.133 e. The molecule has 0 bridgehead atoms. The molecular formula is C18H20ClNO3S. The topological polar surface area (TPSA) is 53.7 Å². The fraction of sp³-hybridized carbons (Fsp3) is 0.278. The maximum absolute atomic E-state index is 6.15. The summed E-state index contributed by atoms with van der Waals surface area (Å²) in [5, 5.41) is 0.760. The van der Waals surface area contributed by atoms with Crippen molar-refractivity contribution in [3.8, 4) is 17.2 Å². The second kappa shape index (κ2) is 8.22. The van der Waals surface area contributed by atoms with Gasteiger partial charge in [0, 0.05) is 11.1 Å². The quantitative estimate of drug-likeness (QED) is 0.592. The molecule has 0 amide bonds. The van der Waals surface area contributed by atoms with Crippen molar-refractivity contribution in [3.05, 3.63) is 52.0 Å². The molecule has 0 radical (unpaired) electrons. The number of thiocarbonyl (C=S) groups is 1. The van der Waals surface area contributed by atoms with Crippen LogP contribution in [0.3, 0.4) is 0 Å². The first-order valence-corrected chi connectivity index (χ1v) is 8.21. The maximum atomic E-state index is 6.15. The summed E-state index contributed by atoms with van der Waals surface area (Å²) < 4.78 is 16.7. The van der Waals surface area contributed by atoms with Crippen molar-refractivity contribution in [2.75, 3.05) is 20.3 Å². The van der Waals surface area contributed by atoms with Gasteiger partial charge in [0.2, 0.25) is 0 Å². The average Bonchev–Trinajstić information content (AvgIpc) is 2.56. The highest BCUT2D eigenvalue weighted by molar-refractivity contribution is 7.80. The molecule has 2 N–H and O–H groups in total. The number of nitrogens with two attached hydrogens (primary N) is 1. The Hall–Kier alpha value is -1.98. The van der Waals surface area contributed by atoms with Crippen LogP contribution in [0.1, 0.15) is 16.7 Å². The molecule has 0 fully saturated rings. The lowest BCUT2D eigenvalue weighted by atomic mass is 10.1. The molecule has 4 nitrogen and oxygen atoms in total. The van der Waals surface area contributed by atoms with Crippen molar-refractivity contribution in [2.24, 2.45) is 5.73 Å². The first kappa shape index (κ1) is 18.4. The van der Waals surface area contributed by atoms with Gasteiger partial charge in [0.15, 0.2) is 0 Å². The predicted octanol–water partition coefficient (Wildman–Crippen LogP) is 4.06. The number of rotatable bonds is 7. The summed E-state index contributed by atoms with van der Waals surface area (Å²) in [5.74, 6) is 2.02. The van der Waals surface area contributed by atoms with Crippen molar-refractivity contribution in [1.82, 2.24) is 0 Å². The Morgan fingerprint density at radius 3 is 2.25 bits per heavy atom. The molecule has 24 heavy (non-hydrogen) atoms. The largest absolute Gasteiger partial charge is 0.497 e. The van der Waals surface area contributed by atoms with Gasteiger partial charge >= 0.3 is 0 Å². The summed E-state index contributed by atoms with van der Waals surface area (Å²) in [7, 11) is 1.59. The van der Waals surface area contributed by atoms with E-state index in [1.165, 1.54) is 0 Å². The normalized spacial score (nSPS) is 10.3. The summed E-state index contributed by atoms with van der Waals surface area (Å²) in [6.07, 6.45) is 0. The minimum absolute atomic E-state index is 0.275. The molecule has 0 aliphatic rings. The van der Waals surface area contributed by atoms with E-state index < -0.39 is 0 Å². The zero-order valence-corrected chi connectivity index (χ0v) is 15.5. The predicted molar refractivity (Wildman–Crippen MR) is 101 cm³/mol. The van der Waals surface area contributed by atoms with Crippen LogP contribution in [0.15, 0.2) is 30.3 Å². The van der Waals surface area contributed by atoms with Crippen LogP contribution in [-0.2, 0) is 0 Å². The second-order valence-corrected chi connectivity index (χ2v) is 6.11. The highest BCUT2D eigenvalue weighted by Crippen LogP contribution is 2.27. The molecule has 2 aromatic rings. The Kier molecular flexibility index (Phi) is 6.29. The second-order valence-electron chi connectivity index (χ2n) is 5.29. The molecular weight excluding hydrogens is 346 g/mol. The highest BCUT2D eigenvalue weighted by Gasteiger charge is 2.09. The van der Waals surface area contributed by atoms with Crippen LogP contribution < -0.4 is 19.9 Å². The number of hydrogen-bond acceptors (Lipinski definition) is 4. The van der Waals surface area contributed by atoms with Crippen LogP contribution in [0.5, 0.6) is 17.2 Å². The Bertz CT molecular complexity index is 726. The third-order valence-corrected chi connectivity index (χ3v) is 4.29. The SMILES string of the molecule is COc1ccc(C(N)=S)c(OCCOc2cc(C)c(Cl)c(C)c2)c1. The van der Waals surface area contributed by atoms with Crippen molar-refractivity contribution in [1.29, 1.82) is 0 Å². The van der Waals surface area contributed by atoms with Gasteiger partial charge in [-0.3, -0.25) is 0 Å². The molecule has 6 heteroatoms. The molecule has 2 rings (SSSR count). The Labute approximate surface area is 152 Å². The lowest BCUT2D eigenvalue weighted by Gasteiger charge is -2.13. The summed E-state index contributed by atoms with van der Waals surface area (Å²) in [5.41, 5.74) is 8.35. The van der Waals surface area contributed by atoms with Gasteiger partial charge in [0.25, 0.3) is 0 Å². The lowest BCUT2D eigenvalue weighted by Crippen LogP contribution is -2.14. The summed E-state index contributed by atoms with van der Waals surface area (Å²) in [6, 6.07) is 9.13. The first-order chi connectivity index (χ1) is 11.4. The fourth-order valence-corrected chi connectivity index (χ4v) is 2.53. The van der Waals surface area contributed by atoms with E-state index in [4.69, 9.17) is 43.8 Å². The van der Waals surface area contributed by atoms with E-state index in [9.17, 15) is 0 Å². The van der Waals surface area contributed by atoms with Crippen LogP contribution in [0.25, 0.3) is 0 Å². The highest BCUT2D eigenvalue weighted by atomic mass is 35.5. The first-order valence-electron chi connectivity index (χ1n) is 7.42. The van der Waals surface area contributed by atoms with Gasteiger partial charge in [-0.05, 0) is 49.2 Å². The number of benzene rings is 2. The van der Waals surface area contributed by atoms with Gasteiger partial charge in [-0.2, -0.15) is 0 Å². The van der Waals surface area contributed by atoms with Crippen molar-refractivity contribution >= 4 is 28.8 Å². The molecule has 0 atom stereocenters. The average molecular weight is 366 g/mol. The minimum atomic E-state index is 0.275. The molecule has 0 aliphatic heterocycles. The van der Waals surface area contributed by atoms with Gasteiger partial charge in [-0.25, -0.2) is 0 Å². The van der Waals surface area contributed by atoms with Gasteiger partial charge in [0.1, 0.15) is 35.5 Å². The summed E-state index contributed by atoms with van der Waals surface area (Å²) in [6.45, 7) is 4.63. The van der Waals surface area contributed by atoms with E-state index >= 15 is 0 Å². The van der Waals surface area contributed by atoms with Gasteiger partial charge in [-0.15, -0.1) is 0 Å². The standard InChI is InChI=1S/C18H20ClNO3S/c1-11-8-14(9-12(2)17(11)19)22-6-7-23-16-10-13(21-3)4-5-15(16)18(20)24/h4-5,8-10H,6-7H2,1-3H3,(H2,20,24). The van der Waals surface area contributed by atoms with Gasteiger partial charge < -0.3 is 19.9 Å². The molecule has 2 aromatic carbocycles. The van der Waals surface area contributed by atoms with Gasteiger partial charge in [-0.1, -0.05) is 23.8 Å². The van der Waals surface area contributed by atoms with E-state index in [1.54, 1.807) is 25.3 Å². The molecule has 0 spiro atoms. The van der Waals surface area contributed by atoms with E-state index in [0.29, 0.717) is 30.3 Å². The van der Waals surface area contributed by atoms with Gasteiger partial charge in [0.05, 0.1) is 12.7 Å². The van der Waals surface area contributed by atoms with E-state index in [0.717, 1.165) is 21.9 Å². The summed E-state index contributed by atoms with van der Waals surface area (Å²) >= 11 is 11.2. The van der Waals surface area contributed by atoms with E-state index in [-0.39, 0.29) is 4.99 Å². The van der Waals surface area contributed by atoms with Crippen LogP contribution in [0.2, 0.25) is 5.02 Å². The number of halogens is 1. The molecule has 0 saturated carbocycles. The monoisotopic (exact) mass is 365 g/mol. The van der Waals surface area contributed by atoms with Crippen molar-refractivity contribution in [2.45, 2.75) is 13.8 Å². The van der Waals surface area contributed by atoms with Crippen LogP contribution in [-0.4, -0.2) is 25.3 Å². The van der Waals surface area contributed by atoms with Crippen LogP contribution in [0, 0.1) is 13.8 Å². The third kappa shape index (κ3) is 4.52. The zero-order chi connectivity index (χ0) is 17.7. The molecule has 0 aromatic heterocycles. The number of hydrogen-bond donors (Lipinski definition) is 1. The molecule has 0 aliphatic carbocycles. The number of aryl methyl sites for hydroxylation is 2. The molecule has 0 unspecified atom stereocenters. The number of methoxy groups -OCH3 is 1. The van der Waals surface area contributed by atoms with Crippen LogP contribution >= 0.6 is 23.8 Å². The van der Waals surface area contributed by atoms with E-state index in [2.05, 4.69) is 0 Å². The lowest BCUT2D eigenvalue weighted by molar-refractivity contribution is 0.216. The molecule has 0 heterocycles. The Morgan fingerprint density at radius 1 is 1.04 bits per heavy atom. The van der Waals surface area contributed by atoms with Crippen molar-refractivity contribution in [3.63, 3.8) is 0 Å². The fourth-order valence-electron chi connectivity index (χ4n) is 2.25. The zero-order valence-electron chi connectivity index (χ0n) is 13.9. The minimum Gasteiger partial charge on any atom is -0.497 e. The molecule has 128 valence electrons. The Balaban J connectivity index is 1.98. The van der Waals surface area contributed by atoms with Crippen molar-refractivity contribution < 1.29 is 14.2 Å². The number of ether oxygens (including phenoxy) is 3. The third-order valence-electron chi connectivity index (χ3n) is 3.47. The van der Waals surface area contributed by atoms with Crippen LogP contribution in [0.4, 0.5) is 0 Å². The maximum Gasteiger partial charge on any atom is 0.133 e. The van der Waals surface area contributed by atoms with E-state index in [1.807, 2.05) is 26.0 Å².